The summed E-state index contributed by atoms with van der Waals surface area (Å²) in [4.78, 5) is 4.00. The number of rotatable bonds is 7. The Balaban J connectivity index is 0.00000243. The van der Waals surface area contributed by atoms with Crippen molar-refractivity contribution in [2.24, 2.45) is 0 Å². The van der Waals surface area contributed by atoms with E-state index < -0.39 is 17.8 Å². The van der Waals surface area contributed by atoms with Gasteiger partial charge in [0.2, 0.25) is 0 Å². The molecule has 0 unspecified atom stereocenters. The summed E-state index contributed by atoms with van der Waals surface area (Å²) in [6, 6.07) is 5.08. The number of nitrogens with zero attached hydrogens (tertiary/aromatic N) is 2. The monoisotopic (exact) mass is 404 g/mol. The van der Waals surface area contributed by atoms with Crippen molar-refractivity contribution in [2.75, 3.05) is 20.3 Å². The Bertz CT molecular complexity index is 700. The molecular formula is C17H22Cl2N2O5. The molecule has 0 saturated carbocycles. The highest BCUT2D eigenvalue weighted by atomic mass is 35.5. The maximum atomic E-state index is 10.4. The van der Waals surface area contributed by atoms with E-state index in [4.69, 9.17) is 25.8 Å². The molecule has 3 rings (SSSR count). The van der Waals surface area contributed by atoms with Crippen molar-refractivity contribution >= 4 is 24.0 Å². The van der Waals surface area contributed by atoms with Crippen molar-refractivity contribution in [1.82, 2.24) is 9.55 Å². The summed E-state index contributed by atoms with van der Waals surface area (Å²) >= 11 is 6.19. The number of aryl methyl sites for hydroxylation is 1. The molecule has 1 aliphatic heterocycles. The number of hydrogen-bond acceptors (Lipinski definition) is 6. The van der Waals surface area contributed by atoms with Gasteiger partial charge < -0.3 is 29.0 Å². The third-order valence-corrected chi connectivity index (χ3v) is 4.70. The Morgan fingerprint density at radius 2 is 2.23 bits per heavy atom. The van der Waals surface area contributed by atoms with Crippen LogP contribution in [0, 0.1) is 0 Å². The van der Waals surface area contributed by atoms with Gasteiger partial charge in [-0.2, -0.15) is 0 Å². The molecule has 1 aromatic heterocycles. The van der Waals surface area contributed by atoms with Crippen LogP contribution in [0.1, 0.15) is 6.42 Å². The topological polar surface area (TPSA) is 86.0 Å². The summed E-state index contributed by atoms with van der Waals surface area (Å²) in [7, 11) is 1.56. The third kappa shape index (κ3) is 4.42. The number of methoxy groups -OCH3 is 1. The lowest BCUT2D eigenvalue weighted by atomic mass is 9.92. The number of ether oxygens (including phenoxy) is 3. The molecule has 0 aliphatic carbocycles. The van der Waals surface area contributed by atoms with E-state index in [0.717, 1.165) is 0 Å². The smallest absolute Gasteiger partial charge is 0.138 e. The Morgan fingerprint density at radius 1 is 1.42 bits per heavy atom. The molecule has 0 radical (unpaired) electrons. The number of aromatic nitrogens is 2. The van der Waals surface area contributed by atoms with Crippen LogP contribution in [0.5, 0.6) is 11.5 Å². The summed E-state index contributed by atoms with van der Waals surface area (Å²) in [5.41, 5.74) is -1.02. The Morgan fingerprint density at radius 3 is 2.81 bits per heavy atom. The first-order chi connectivity index (χ1) is 12.0. The number of benzene rings is 1. The van der Waals surface area contributed by atoms with E-state index >= 15 is 0 Å². The van der Waals surface area contributed by atoms with Crippen LogP contribution in [-0.2, 0) is 11.3 Å². The van der Waals surface area contributed by atoms with E-state index in [0.29, 0.717) is 29.5 Å². The Hall–Kier alpha value is -1.51. The molecule has 2 aromatic rings. The quantitative estimate of drug-likeness (QED) is 0.732. The van der Waals surface area contributed by atoms with Gasteiger partial charge in [0.05, 0.1) is 25.1 Å². The molecule has 144 valence electrons. The highest BCUT2D eigenvalue weighted by Gasteiger charge is 2.49. The molecule has 26 heavy (non-hydrogen) atoms. The van der Waals surface area contributed by atoms with Crippen LogP contribution in [0.15, 0.2) is 36.9 Å². The summed E-state index contributed by atoms with van der Waals surface area (Å²) in [5, 5.41) is 20.8. The van der Waals surface area contributed by atoms with Crippen molar-refractivity contribution in [1.29, 1.82) is 0 Å². The van der Waals surface area contributed by atoms with Gasteiger partial charge in [-0.15, -0.1) is 12.4 Å². The number of halogens is 2. The van der Waals surface area contributed by atoms with Crippen LogP contribution >= 0.6 is 24.0 Å². The van der Waals surface area contributed by atoms with Gasteiger partial charge in [-0.3, -0.25) is 0 Å². The SMILES string of the molecule is COc1ccc(OC[C@@]2(CCn3ccnc3)OC[C@H](O)[C@H]2O)c(Cl)c1.Cl. The van der Waals surface area contributed by atoms with E-state index in [9.17, 15) is 10.2 Å². The van der Waals surface area contributed by atoms with Crippen molar-refractivity contribution in [2.45, 2.75) is 30.8 Å². The van der Waals surface area contributed by atoms with Gasteiger partial charge in [0, 0.05) is 31.4 Å². The van der Waals surface area contributed by atoms with E-state index in [2.05, 4.69) is 4.98 Å². The van der Waals surface area contributed by atoms with Gasteiger partial charge in [0.1, 0.15) is 35.9 Å². The van der Waals surface area contributed by atoms with Crippen LogP contribution in [0.2, 0.25) is 5.02 Å². The molecule has 2 N–H and O–H groups in total. The average Bonchev–Trinajstić information content (AvgIpc) is 3.23. The van der Waals surface area contributed by atoms with Crippen molar-refractivity contribution in [3.8, 4) is 11.5 Å². The first kappa shape index (κ1) is 20.8. The summed E-state index contributed by atoms with van der Waals surface area (Å²) in [6.45, 7) is 0.695. The van der Waals surface area contributed by atoms with E-state index in [-0.39, 0.29) is 25.6 Å². The maximum absolute atomic E-state index is 10.4. The zero-order valence-corrected chi connectivity index (χ0v) is 15.8. The lowest BCUT2D eigenvalue weighted by Gasteiger charge is -2.32. The van der Waals surface area contributed by atoms with Crippen LogP contribution in [0.25, 0.3) is 0 Å². The van der Waals surface area contributed by atoms with Gasteiger partial charge in [-0.1, -0.05) is 11.6 Å². The molecule has 1 aromatic carbocycles. The second kappa shape index (κ2) is 8.92. The Kier molecular flexibility index (Phi) is 7.14. The van der Waals surface area contributed by atoms with Gasteiger partial charge in [0.25, 0.3) is 0 Å². The van der Waals surface area contributed by atoms with Crippen LogP contribution in [0.3, 0.4) is 0 Å². The molecule has 1 aliphatic rings. The molecule has 2 heterocycles. The molecule has 1 saturated heterocycles. The minimum absolute atomic E-state index is 0. The van der Waals surface area contributed by atoms with E-state index in [1.54, 1.807) is 37.8 Å². The minimum Gasteiger partial charge on any atom is -0.497 e. The number of aliphatic hydroxyl groups is 2. The zero-order valence-electron chi connectivity index (χ0n) is 14.2. The lowest BCUT2D eigenvalue weighted by molar-refractivity contribution is -0.0957. The van der Waals surface area contributed by atoms with Crippen molar-refractivity contribution in [3.05, 3.63) is 41.9 Å². The first-order valence-electron chi connectivity index (χ1n) is 7.96. The fraction of sp³-hybridized carbons (Fsp3) is 0.471. The fourth-order valence-electron chi connectivity index (χ4n) is 2.86. The molecule has 7 nitrogen and oxygen atoms in total. The van der Waals surface area contributed by atoms with E-state index in [1.165, 1.54) is 0 Å². The molecule has 9 heteroatoms. The standard InChI is InChI=1S/C17H21ClN2O5.ClH/c1-23-12-2-3-15(13(18)8-12)24-10-17(16(22)14(21)9-25-17)4-6-20-7-5-19-11-20;/h2-3,5,7-8,11,14,16,21-22H,4,6,9-10H2,1H3;1H/t14-,16+,17+;/m0./s1. The van der Waals surface area contributed by atoms with Crippen LogP contribution in [0.4, 0.5) is 0 Å². The molecule has 1 fully saturated rings. The number of hydrogen-bond donors (Lipinski definition) is 2. The summed E-state index contributed by atoms with van der Waals surface area (Å²) in [6.07, 6.45) is 3.65. The van der Waals surface area contributed by atoms with Gasteiger partial charge in [-0.05, 0) is 12.1 Å². The average molecular weight is 405 g/mol. The van der Waals surface area contributed by atoms with Crippen molar-refractivity contribution in [3.63, 3.8) is 0 Å². The van der Waals surface area contributed by atoms with Gasteiger partial charge in [-0.25, -0.2) is 4.98 Å². The zero-order chi connectivity index (χ0) is 17.9. The lowest BCUT2D eigenvalue weighted by Crippen LogP contribution is -2.48. The molecular weight excluding hydrogens is 383 g/mol. The predicted octanol–water partition coefficient (Wildman–Crippen LogP) is 1.93. The van der Waals surface area contributed by atoms with Gasteiger partial charge >= 0.3 is 0 Å². The van der Waals surface area contributed by atoms with Crippen molar-refractivity contribution < 1.29 is 24.4 Å². The maximum Gasteiger partial charge on any atom is 0.138 e. The predicted molar refractivity (Wildman–Crippen MR) is 98.3 cm³/mol. The number of aliphatic hydroxyl groups excluding tert-OH is 2. The highest BCUT2D eigenvalue weighted by Crippen LogP contribution is 2.34. The van der Waals surface area contributed by atoms with Crippen LogP contribution in [-0.4, -0.2) is 57.9 Å². The summed E-state index contributed by atoms with van der Waals surface area (Å²) < 4.78 is 18.5. The van der Waals surface area contributed by atoms with Crippen LogP contribution < -0.4 is 9.47 Å². The normalized spacial score (nSPS) is 24.9. The second-order valence-corrected chi connectivity index (χ2v) is 6.43. The third-order valence-electron chi connectivity index (χ3n) is 4.41. The molecule has 3 atom stereocenters. The fourth-order valence-corrected chi connectivity index (χ4v) is 3.09. The first-order valence-corrected chi connectivity index (χ1v) is 8.34. The van der Waals surface area contributed by atoms with E-state index in [1.807, 2.05) is 10.8 Å². The minimum atomic E-state index is -1.05. The highest BCUT2D eigenvalue weighted by molar-refractivity contribution is 6.32. The van der Waals surface area contributed by atoms with Gasteiger partial charge in [0.15, 0.2) is 0 Å². The molecule has 0 spiro atoms. The molecule has 0 amide bonds. The molecule has 0 bridgehead atoms. The summed E-state index contributed by atoms with van der Waals surface area (Å²) in [5.74, 6) is 1.08. The number of imidazole rings is 1. The second-order valence-electron chi connectivity index (χ2n) is 6.02. The largest absolute Gasteiger partial charge is 0.497 e. The Labute approximate surface area is 162 Å².